The van der Waals surface area contributed by atoms with Crippen molar-refractivity contribution in [3.05, 3.63) is 0 Å². The molecule has 22 heavy (non-hydrogen) atoms. The Labute approximate surface area is 138 Å². The molecule has 2 saturated heterocycles. The van der Waals surface area contributed by atoms with Gasteiger partial charge in [0.2, 0.25) is 0 Å². The summed E-state index contributed by atoms with van der Waals surface area (Å²) in [7, 11) is 0. The van der Waals surface area contributed by atoms with E-state index >= 15 is 0 Å². The van der Waals surface area contributed by atoms with Gasteiger partial charge in [0.25, 0.3) is 0 Å². The number of hydrogen-bond donors (Lipinski definition) is 1. The molecule has 0 radical (unpaired) electrons. The highest BCUT2D eigenvalue weighted by molar-refractivity contribution is 4.65. The van der Waals surface area contributed by atoms with Gasteiger partial charge in [0, 0.05) is 0 Å². The fourth-order valence-electron chi connectivity index (χ4n) is 2.49. The Morgan fingerprint density at radius 1 is 0.727 bits per heavy atom. The molecule has 2 rings (SSSR count). The summed E-state index contributed by atoms with van der Waals surface area (Å²) in [5.41, 5.74) is 0. The second-order valence-electron chi connectivity index (χ2n) is 6.81. The normalized spacial score (nSPS) is 22.1. The van der Waals surface area contributed by atoms with Crippen LogP contribution in [-0.2, 0) is 9.47 Å². The topological polar surface area (TPSA) is 37.1 Å². The van der Waals surface area contributed by atoms with Crippen LogP contribution in [0.1, 0.15) is 90.9 Å². The summed E-state index contributed by atoms with van der Waals surface area (Å²) in [5.74, 6) is 0. The first-order chi connectivity index (χ1) is 10.8. The first-order valence-corrected chi connectivity index (χ1v) is 9.79. The van der Waals surface area contributed by atoms with Crippen LogP contribution in [0.5, 0.6) is 0 Å². The van der Waals surface area contributed by atoms with Gasteiger partial charge < -0.3 is 9.47 Å². The lowest BCUT2D eigenvalue weighted by Gasteiger charge is -2.03. The first kappa shape index (κ1) is 19.9. The van der Waals surface area contributed by atoms with E-state index in [1.165, 1.54) is 77.0 Å². The Morgan fingerprint density at radius 2 is 1.14 bits per heavy atom. The van der Waals surface area contributed by atoms with Crippen LogP contribution in [0.3, 0.4) is 0 Å². The lowest BCUT2D eigenvalue weighted by molar-refractivity contribution is 0.366. The minimum atomic E-state index is 0.401. The smallest absolute Gasteiger partial charge is 0.132 e. The standard InChI is InChI=1S/C16H33NO.C3H6O/c1-2-3-4-5-6-7-8-9-10-11-12-13-14-17-16-15-18-16;1-3-2-4-3/h16-17H,2-15H2,1H3;3H,2H2,1H3. The van der Waals surface area contributed by atoms with E-state index in [4.69, 9.17) is 9.47 Å². The molecule has 2 aliphatic rings. The van der Waals surface area contributed by atoms with Gasteiger partial charge in [-0.1, -0.05) is 77.6 Å². The van der Waals surface area contributed by atoms with Crippen LogP contribution in [0.2, 0.25) is 0 Å². The van der Waals surface area contributed by atoms with Gasteiger partial charge in [-0.25, -0.2) is 0 Å². The molecule has 0 aromatic carbocycles. The molecule has 3 heteroatoms. The highest BCUT2D eigenvalue weighted by Crippen LogP contribution is 2.12. The Morgan fingerprint density at radius 3 is 1.50 bits per heavy atom. The maximum atomic E-state index is 5.10. The second kappa shape index (κ2) is 14.5. The molecule has 2 fully saturated rings. The molecule has 2 heterocycles. The SMILES string of the molecule is CC1CO1.CCCCCCCCCCCCCCNC1CO1. The lowest BCUT2D eigenvalue weighted by atomic mass is 10.1. The molecule has 0 aromatic rings. The Hall–Kier alpha value is -0.120. The fourth-order valence-corrected chi connectivity index (χ4v) is 2.49. The zero-order valence-electron chi connectivity index (χ0n) is 15.1. The monoisotopic (exact) mass is 313 g/mol. The molecular formula is C19H39NO2. The molecule has 0 aliphatic carbocycles. The van der Waals surface area contributed by atoms with Gasteiger partial charge >= 0.3 is 0 Å². The van der Waals surface area contributed by atoms with E-state index in [2.05, 4.69) is 19.2 Å². The van der Waals surface area contributed by atoms with Crippen molar-refractivity contribution in [1.29, 1.82) is 0 Å². The van der Waals surface area contributed by atoms with E-state index in [1.807, 2.05) is 0 Å². The second-order valence-corrected chi connectivity index (χ2v) is 6.81. The van der Waals surface area contributed by atoms with Crippen LogP contribution in [0, 0.1) is 0 Å². The average Bonchev–Trinajstić information content (AvgIpc) is 3.42. The van der Waals surface area contributed by atoms with E-state index in [0.29, 0.717) is 12.3 Å². The molecule has 1 N–H and O–H groups in total. The number of unbranched alkanes of at least 4 members (excludes halogenated alkanes) is 11. The maximum absolute atomic E-state index is 5.10. The number of epoxide rings is 2. The van der Waals surface area contributed by atoms with E-state index in [0.717, 1.165) is 19.8 Å². The highest BCUT2D eigenvalue weighted by atomic mass is 16.6. The molecule has 0 amide bonds. The van der Waals surface area contributed by atoms with Gasteiger partial charge in [-0.15, -0.1) is 0 Å². The largest absolute Gasteiger partial charge is 0.373 e. The average molecular weight is 314 g/mol. The molecule has 2 aliphatic heterocycles. The molecule has 3 nitrogen and oxygen atoms in total. The molecule has 2 atom stereocenters. The summed E-state index contributed by atoms with van der Waals surface area (Å²) in [6.45, 7) is 7.40. The Balaban J connectivity index is 0.000000519. The van der Waals surface area contributed by atoms with E-state index in [1.54, 1.807) is 0 Å². The van der Waals surface area contributed by atoms with Crippen molar-refractivity contribution in [3.63, 3.8) is 0 Å². The van der Waals surface area contributed by atoms with Gasteiger partial charge in [0.15, 0.2) is 0 Å². The lowest BCUT2D eigenvalue weighted by Crippen LogP contribution is -2.18. The number of ether oxygens (including phenoxy) is 2. The third-order valence-corrected chi connectivity index (χ3v) is 4.24. The van der Waals surface area contributed by atoms with Gasteiger partial charge in [-0.3, -0.25) is 5.32 Å². The van der Waals surface area contributed by atoms with Crippen LogP contribution < -0.4 is 5.32 Å². The summed E-state index contributed by atoms with van der Waals surface area (Å²) < 4.78 is 9.81. The van der Waals surface area contributed by atoms with Crippen molar-refractivity contribution in [2.24, 2.45) is 0 Å². The van der Waals surface area contributed by atoms with Crippen molar-refractivity contribution < 1.29 is 9.47 Å². The first-order valence-electron chi connectivity index (χ1n) is 9.79. The van der Waals surface area contributed by atoms with E-state index in [-0.39, 0.29) is 0 Å². The summed E-state index contributed by atoms with van der Waals surface area (Å²) in [5, 5.41) is 3.37. The minimum absolute atomic E-state index is 0.401. The maximum Gasteiger partial charge on any atom is 0.132 e. The number of nitrogens with one attached hydrogen (secondary N) is 1. The van der Waals surface area contributed by atoms with E-state index < -0.39 is 0 Å². The molecule has 0 aromatic heterocycles. The van der Waals surface area contributed by atoms with Gasteiger partial charge in [0.1, 0.15) is 6.23 Å². The van der Waals surface area contributed by atoms with E-state index in [9.17, 15) is 0 Å². The molecular weight excluding hydrogens is 274 g/mol. The zero-order valence-corrected chi connectivity index (χ0v) is 15.1. The van der Waals surface area contributed by atoms with Gasteiger partial charge in [-0.05, 0) is 19.9 Å². The third kappa shape index (κ3) is 16.3. The molecule has 0 saturated carbocycles. The molecule has 132 valence electrons. The van der Waals surface area contributed by atoms with Crippen molar-refractivity contribution >= 4 is 0 Å². The summed E-state index contributed by atoms with van der Waals surface area (Å²) in [6, 6.07) is 0. The van der Waals surface area contributed by atoms with Crippen LogP contribution in [-0.4, -0.2) is 32.1 Å². The summed E-state index contributed by atoms with van der Waals surface area (Å²) in [6.07, 6.45) is 18.1. The number of hydrogen-bond acceptors (Lipinski definition) is 3. The Bertz CT molecular complexity index is 227. The predicted octanol–water partition coefficient (Wildman–Crippen LogP) is 5.04. The Kier molecular flexibility index (Phi) is 13.1. The highest BCUT2D eigenvalue weighted by Gasteiger charge is 2.20. The van der Waals surface area contributed by atoms with Crippen molar-refractivity contribution in [2.45, 2.75) is 103 Å². The summed E-state index contributed by atoms with van der Waals surface area (Å²) >= 11 is 0. The molecule has 0 bridgehead atoms. The van der Waals surface area contributed by atoms with Crippen LogP contribution in [0.25, 0.3) is 0 Å². The third-order valence-electron chi connectivity index (χ3n) is 4.24. The summed E-state index contributed by atoms with van der Waals surface area (Å²) in [4.78, 5) is 0. The van der Waals surface area contributed by atoms with Crippen LogP contribution >= 0.6 is 0 Å². The molecule has 0 spiro atoms. The fraction of sp³-hybridized carbons (Fsp3) is 1.00. The van der Waals surface area contributed by atoms with Gasteiger partial charge in [-0.2, -0.15) is 0 Å². The predicted molar refractivity (Wildman–Crippen MR) is 94.2 cm³/mol. The zero-order chi connectivity index (χ0) is 15.9. The van der Waals surface area contributed by atoms with Crippen molar-refractivity contribution in [3.8, 4) is 0 Å². The quantitative estimate of drug-likeness (QED) is 0.360. The number of rotatable bonds is 14. The van der Waals surface area contributed by atoms with Crippen LogP contribution in [0.4, 0.5) is 0 Å². The minimum Gasteiger partial charge on any atom is -0.373 e. The van der Waals surface area contributed by atoms with Gasteiger partial charge in [0.05, 0.1) is 19.3 Å². The van der Waals surface area contributed by atoms with Crippen molar-refractivity contribution in [1.82, 2.24) is 5.32 Å². The van der Waals surface area contributed by atoms with Crippen molar-refractivity contribution in [2.75, 3.05) is 19.8 Å². The molecule has 2 unspecified atom stereocenters. The van der Waals surface area contributed by atoms with Crippen LogP contribution in [0.15, 0.2) is 0 Å².